The molecule has 2 atom stereocenters. The normalized spacial score (nSPS) is 17.4. The fourth-order valence-corrected chi connectivity index (χ4v) is 4.83. The number of ether oxygens (including phenoxy) is 1. The number of halogens is 1. The Hall–Kier alpha value is -4.15. The summed E-state index contributed by atoms with van der Waals surface area (Å²) in [6.07, 6.45) is 1.94. The summed E-state index contributed by atoms with van der Waals surface area (Å²) in [7, 11) is 1.64. The van der Waals surface area contributed by atoms with E-state index in [1.54, 1.807) is 7.11 Å². The zero-order valence-corrected chi connectivity index (χ0v) is 21.5. The lowest BCUT2D eigenvalue weighted by atomic mass is 9.81. The van der Waals surface area contributed by atoms with E-state index in [0.29, 0.717) is 10.6 Å². The van der Waals surface area contributed by atoms with Crippen molar-refractivity contribution in [1.29, 1.82) is 0 Å². The molecule has 5 heteroatoms. The summed E-state index contributed by atoms with van der Waals surface area (Å²) in [4.78, 5) is 14.3. The van der Waals surface area contributed by atoms with Crippen molar-refractivity contribution in [3.8, 4) is 5.75 Å². The molecule has 1 heterocycles. The third-order valence-corrected chi connectivity index (χ3v) is 6.81. The van der Waals surface area contributed by atoms with E-state index in [9.17, 15) is 4.79 Å². The molecule has 0 N–H and O–H groups in total. The highest BCUT2D eigenvalue weighted by Crippen LogP contribution is 2.42. The van der Waals surface area contributed by atoms with Crippen molar-refractivity contribution in [2.75, 3.05) is 12.1 Å². The lowest BCUT2D eigenvalue weighted by Gasteiger charge is -2.28. The number of nitrogens with zero attached hydrogens (tertiary/aromatic N) is 2. The minimum absolute atomic E-state index is 0.0248. The summed E-state index contributed by atoms with van der Waals surface area (Å²) in [6, 6.07) is 34.9. The van der Waals surface area contributed by atoms with Crippen LogP contribution in [0.4, 0.5) is 5.69 Å². The molecule has 4 aromatic rings. The average molecular weight is 507 g/mol. The smallest absolute Gasteiger partial charge is 0.170 e. The Bertz CT molecular complexity index is 1430. The fourth-order valence-electron chi connectivity index (χ4n) is 4.71. The van der Waals surface area contributed by atoms with Gasteiger partial charge >= 0.3 is 0 Å². The van der Waals surface area contributed by atoms with Crippen molar-refractivity contribution in [2.24, 2.45) is 11.0 Å². The van der Waals surface area contributed by atoms with Gasteiger partial charge in [0.15, 0.2) is 5.78 Å². The third-order valence-electron chi connectivity index (χ3n) is 6.56. The highest BCUT2D eigenvalue weighted by molar-refractivity contribution is 6.30. The number of carbonyl (C=O) groups excluding carboxylic acids is 1. The molecule has 0 saturated heterocycles. The summed E-state index contributed by atoms with van der Waals surface area (Å²) in [6.45, 7) is 1.88. The Balaban J connectivity index is 1.66. The lowest BCUT2D eigenvalue weighted by Crippen LogP contribution is -2.32. The summed E-state index contributed by atoms with van der Waals surface area (Å²) in [5.41, 5.74) is 5.13. The maximum atomic E-state index is 14.3. The van der Waals surface area contributed by atoms with Gasteiger partial charge in [0.1, 0.15) is 5.75 Å². The minimum atomic E-state index is -0.533. The largest absolute Gasteiger partial charge is 0.497 e. The van der Waals surface area contributed by atoms with E-state index in [1.165, 1.54) is 0 Å². The quantitative estimate of drug-likeness (QED) is 0.242. The topological polar surface area (TPSA) is 41.9 Å². The van der Waals surface area contributed by atoms with Gasteiger partial charge in [0, 0.05) is 5.02 Å². The molecule has 5 rings (SSSR count). The van der Waals surface area contributed by atoms with E-state index in [-0.39, 0.29) is 11.8 Å². The monoisotopic (exact) mass is 506 g/mol. The first-order valence-electron chi connectivity index (χ1n) is 12.2. The predicted octanol–water partition coefficient (Wildman–Crippen LogP) is 7.60. The van der Waals surface area contributed by atoms with Gasteiger partial charge in [-0.1, -0.05) is 72.3 Å². The van der Waals surface area contributed by atoms with Crippen LogP contribution in [0.2, 0.25) is 5.02 Å². The van der Waals surface area contributed by atoms with Crippen LogP contribution in [0.1, 0.15) is 29.7 Å². The van der Waals surface area contributed by atoms with Crippen LogP contribution in [-0.4, -0.2) is 18.6 Å². The standard InChI is InChI=1S/C32H27ClN2O2/c1-22(21-23-9-5-3-6-10-23)32(36)29-30(24-15-19-28(37-2)20-16-24)34-35(27-11-7-4-8-12-27)31(29)25-13-17-26(33)18-14-25/h3-21,29,31H,1-2H3/b22-21+. The van der Waals surface area contributed by atoms with Gasteiger partial charge in [-0.3, -0.25) is 9.80 Å². The number of hydrogen-bond donors (Lipinski definition) is 0. The van der Waals surface area contributed by atoms with Gasteiger partial charge in [0.2, 0.25) is 0 Å². The zero-order chi connectivity index (χ0) is 25.8. The second-order valence-corrected chi connectivity index (χ2v) is 9.41. The summed E-state index contributed by atoms with van der Waals surface area (Å²) in [5.74, 6) is 0.242. The number of carbonyl (C=O) groups is 1. The van der Waals surface area contributed by atoms with Crippen LogP contribution in [0, 0.1) is 5.92 Å². The molecular weight excluding hydrogens is 480 g/mol. The van der Waals surface area contributed by atoms with Crippen LogP contribution in [-0.2, 0) is 4.79 Å². The SMILES string of the molecule is COc1ccc(C2=NN(c3ccccc3)C(c3ccc(Cl)cc3)C2C(=O)/C(C)=C/c2ccccc2)cc1. The number of allylic oxidation sites excluding steroid dienone is 1. The van der Waals surface area contributed by atoms with E-state index < -0.39 is 5.92 Å². The van der Waals surface area contributed by atoms with E-state index in [0.717, 1.165) is 33.8 Å². The van der Waals surface area contributed by atoms with E-state index in [1.807, 2.05) is 127 Å². The first kappa shape index (κ1) is 24.5. The molecule has 0 aliphatic carbocycles. The second-order valence-electron chi connectivity index (χ2n) is 8.97. The van der Waals surface area contributed by atoms with Crippen molar-refractivity contribution >= 4 is 34.9 Å². The van der Waals surface area contributed by atoms with Crippen molar-refractivity contribution in [2.45, 2.75) is 13.0 Å². The number of hydrazone groups is 1. The Morgan fingerprint density at radius 1 is 0.865 bits per heavy atom. The molecule has 0 radical (unpaired) electrons. The molecule has 0 bridgehead atoms. The predicted molar refractivity (Wildman–Crippen MR) is 151 cm³/mol. The zero-order valence-electron chi connectivity index (χ0n) is 20.7. The Kier molecular flexibility index (Phi) is 7.20. The highest BCUT2D eigenvalue weighted by atomic mass is 35.5. The second kappa shape index (κ2) is 10.9. The number of anilines is 1. The molecular formula is C32H27ClN2O2. The summed E-state index contributed by atoms with van der Waals surface area (Å²) >= 11 is 6.23. The molecule has 1 aliphatic rings. The maximum absolute atomic E-state index is 14.3. The van der Waals surface area contributed by atoms with Crippen LogP contribution in [0.5, 0.6) is 5.75 Å². The number of ketones is 1. The lowest BCUT2D eigenvalue weighted by molar-refractivity contribution is -0.117. The number of Topliss-reactive ketones (excluding diaryl/α,β-unsaturated/α-hetero) is 1. The molecule has 0 saturated carbocycles. The molecule has 0 spiro atoms. The van der Waals surface area contributed by atoms with Crippen LogP contribution in [0.3, 0.4) is 0 Å². The Labute approximate surface area is 222 Å². The molecule has 0 amide bonds. The number of methoxy groups -OCH3 is 1. The van der Waals surface area contributed by atoms with Crippen LogP contribution >= 0.6 is 11.6 Å². The van der Waals surface area contributed by atoms with Gasteiger partial charge in [-0.05, 0) is 83.8 Å². The molecule has 1 aliphatic heterocycles. The highest BCUT2D eigenvalue weighted by Gasteiger charge is 2.44. The first-order valence-corrected chi connectivity index (χ1v) is 12.5. The van der Waals surface area contributed by atoms with Gasteiger partial charge < -0.3 is 4.74 Å². The van der Waals surface area contributed by atoms with Crippen molar-refractivity contribution in [3.63, 3.8) is 0 Å². The van der Waals surface area contributed by atoms with E-state index >= 15 is 0 Å². The van der Waals surface area contributed by atoms with Crippen molar-refractivity contribution in [3.05, 3.63) is 136 Å². The van der Waals surface area contributed by atoms with Gasteiger partial charge in [-0.25, -0.2) is 0 Å². The molecule has 184 valence electrons. The molecule has 4 nitrogen and oxygen atoms in total. The fraction of sp³-hybridized carbons (Fsp3) is 0.125. The van der Waals surface area contributed by atoms with Crippen LogP contribution in [0.25, 0.3) is 6.08 Å². The maximum Gasteiger partial charge on any atom is 0.170 e. The average Bonchev–Trinajstić information content (AvgIpc) is 3.34. The van der Waals surface area contributed by atoms with Gasteiger partial charge in [-0.2, -0.15) is 5.10 Å². The molecule has 0 fully saturated rings. The van der Waals surface area contributed by atoms with Crippen molar-refractivity contribution in [1.82, 2.24) is 0 Å². The van der Waals surface area contributed by atoms with Crippen LogP contribution in [0.15, 0.2) is 120 Å². The molecule has 4 aromatic carbocycles. The number of benzene rings is 4. The van der Waals surface area contributed by atoms with Gasteiger partial charge in [-0.15, -0.1) is 0 Å². The number of rotatable bonds is 7. The Morgan fingerprint density at radius 2 is 1.49 bits per heavy atom. The first-order chi connectivity index (χ1) is 18.0. The van der Waals surface area contributed by atoms with E-state index in [4.69, 9.17) is 21.4 Å². The van der Waals surface area contributed by atoms with Gasteiger partial charge in [0.25, 0.3) is 0 Å². The molecule has 37 heavy (non-hydrogen) atoms. The summed E-state index contributed by atoms with van der Waals surface area (Å²) in [5, 5.41) is 7.69. The number of para-hydroxylation sites is 1. The molecule has 2 unspecified atom stereocenters. The van der Waals surface area contributed by atoms with Crippen LogP contribution < -0.4 is 9.75 Å². The Morgan fingerprint density at radius 3 is 2.11 bits per heavy atom. The summed E-state index contributed by atoms with van der Waals surface area (Å²) < 4.78 is 5.36. The van der Waals surface area contributed by atoms with Gasteiger partial charge in [0.05, 0.1) is 30.5 Å². The minimum Gasteiger partial charge on any atom is -0.497 e. The molecule has 0 aromatic heterocycles. The number of hydrogen-bond acceptors (Lipinski definition) is 4. The van der Waals surface area contributed by atoms with Crippen molar-refractivity contribution < 1.29 is 9.53 Å². The third kappa shape index (κ3) is 5.20. The van der Waals surface area contributed by atoms with E-state index in [2.05, 4.69) is 0 Å².